The van der Waals surface area contributed by atoms with Crippen LogP contribution >= 0.6 is 0 Å². The molecule has 0 bridgehead atoms. The van der Waals surface area contributed by atoms with Crippen LogP contribution in [0.5, 0.6) is 0 Å². The number of halogens is 1. The molecule has 0 spiro atoms. The number of aryl methyl sites for hydroxylation is 1. The fraction of sp³-hybridized carbons (Fsp3) is 0.241. The molecule has 1 aliphatic rings. The van der Waals surface area contributed by atoms with Gasteiger partial charge >= 0.3 is 0 Å². The molecule has 0 saturated carbocycles. The predicted octanol–water partition coefficient (Wildman–Crippen LogP) is 3.63. The third-order valence-electron chi connectivity index (χ3n) is 7.01. The minimum atomic E-state index is -1.38. The van der Waals surface area contributed by atoms with Gasteiger partial charge in [-0.05, 0) is 36.8 Å². The van der Waals surface area contributed by atoms with Gasteiger partial charge in [-0.25, -0.2) is 24.3 Å². The summed E-state index contributed by atoms with van der Waals surface area (Å²) in [6.45, 7) is 2.66. The van der Waals surface area contributed by atoms with Crippen molar-refractivity contribution in [2.75, 3.05) is 11.9 Å². The Labute approximate surface area is 238 Å². The number of nitrogens with zero attached hydrogens (tertiary/aromatic N) is 7. The Hall–Kier alpha value is -5.33. The second kappa shape index (κ2) is 10.9. The Morgan fingerprint density at radius 1 is 1.10 bits per heavy atom. The average molecular weight is 569 g/mol. The number of carbonyl (C=O) groups excluding carboxylic acids is 3. The molecule has 12 nitrogen and oxygen atoms in total. The number of carbonyl (C=O) groups is 3. The van der Waals surface area contributed by atoms with Gasteiger partial charge in [-0.15, -0.1) is 0 Å². The van der Waals surface area contributed by atoms with E-state index in [9.17, 15) is 18.8 Å². The number of fused-ring (bicyclic) bond motifs is 1. The average Bonchev–Trinajstić information content (AvgIpc) is 3.73. The first-order valence-corrected chi connectivity index (χ1v) is 13.2. The van der Waals surface area contributed by atoms with Gasteiger partial charge in [-0.3, -0.25) is 19.1 Å². The van der Waals surface area contributed by atoms with E-state index < -0.39 is 24.0 Å². The Morgan fingerprint density at radius 3 is 2.64 bits per heavy atom. The van der Waals surface area contributed by atoms with Crippen LogP contribution in [-0.2, 0) is 16.1 Å². The van der Waals surface area contributed by atoms with E-state index in [0.29, 0.717) is 22.4 Å². The summed E-state index contributed by atoms with van der Waals surface area (Å²) in [5.41, 5.74) is 2.71. The molecule has 1 saturated heterocycles. The van der Waals surface area contributed by atoms with Crippen molar-refractivity contribution in [1.29, 1.82) is 0 Å². The molecule has 2 amide bonds. The van der Waals surface area contributed by atoms with Crippen molar-refractivity contribution in [1.82, 2.24) is 34.6 Å². The first-order valence-electron chi connectivity index (χ1n) is 13.2. The van der Waals surface area contributed by atoms with Crippen molar-refractivity contribution in [2.24, 2.45) is 0 Å². The molecule has 6 rings (SSSR count). The highest BCUT2D eigenvalue weighted by Crippen LogP contribution is 2.28. The molecule has 1 fully saturated rings. The number of rotatable bonds is 7. The maximum absolute atomic E-state index is 14.6. The van der Waals surface area contributed by atoms with Crippen LogP contribution < -0.4 is 5.32 Å². The molecule has 2 atom stereocenters. The third kappa shape index (κ3) is 5.23. The van der Waals surface area contributed by atoms with Crippen LogP contribution in [0, 0.1) is 6.92 Å². The van der Waals surface area contributed by atoms with Crippen molar-refractivity contribution in [3.8, 4) is 22.7 Å². The number of oxazole rings is 1. The summed E-state index contributed by atoms with van der Waals surface area (Å²) in [7, 11) is 0. The summed E-state index contributed by atoms with van der Waals surface area (Å²) < 4.78 is 21.2. The van der Waals surface area contributed by atoms with Crippen LogP contribution in [-0.4, -0.2) is 71.0 Å². The predicted molar refractivity (Wildman–Crippen MR) is 149 cm³/mol. The molecule has 13 heteroatoms. The summed E-state index contributed by atoms with van der Waals surface area (Å²) in [4.78, 5) is 57.1. The van der Waals surface area contributed by atoms with Gasteiger partial charge in [0.1, 0.15) is 48.1 Å². The summed E-state index contributed by atoms with van der Waals surface area (Å²) in [5, 5.41) is 7.64. The number of ketones is 1. The fourth-order valence-corrected chi connectivity index (χ4v) is 4.99. The van der Waals surface area contributed by atoms with Crippen LogP contribution in [0.25, 0.3) is 33.6 Å². The maximum atomic E-state index is 14.6. The zero-order valence-electron chi connectivity index (χ0n) is 22.7. The molecule has 0 unspecified atom stereocenters. The number of anilines is 1. The fourth-order valence-electron chi connectivity index (χ4n) is 4.99. The van der Waals surface area contributed by atoms with Crippen molar-refractivity contribution < 1.29 is 23.2 Å². The van der Waals surface area contributed by atoms with Gasteiger partial charge in [-0.1, -0.05) is 12.1 Å². The summed E-state index contributed by atoms with van der Waals surface area (Å²) in [6, 6.07) is 9.26. The van der Waals surface area contributed by atoms with Crippen LogP contribution in [0.3, 0.4) is 0 Å². The maximum Gasteiger partial charge on any atom is 0.248 e. The first kappa shape index (κ1) is 26.9. The number of alkyl halides is 1. The van der Waals surface area contributed by atoms with E-state index in [0.717, 1.165) is 11.1 Å². The van der Waals surface area contributed by atoms with Crippen LogP contribution in [0.2, 0.25) is 0 Å². The molecule has 4 aromatic heterocycles. The van der Waals surface area contributed by atoms with E-state index in [-0.39, 0.29) is 42.7 Å². The first-order chi connectivity index (χ1) is 20.3. The molecule has 1 aromatic carbocycles. The smallest absolute Gasteiger partial charge is 0.248 e. The minimum absolute atomic E-state index is 0.155. The number of pyridine rings is 1. The lowest BCUT2D eigenvalue weighted by atomic mass is 10.0. The lowest BCUT2D eigenvalue weighted by Crippen LogP contribution is -2.44. The molecule has 42 heavy (non-hydrogen) atoms. The van der Waals surface area contributed by atoms with Crippen LogP contribution in [0.1, 0.15) is 29.7 Å². The van der Waals surface area contributed by atoms with Crippen molar-refractivity contribution in [2.45, 2.75) is 39.0 Å². The van der Waals surface area contributed by atoms with Gasteiger partial charge in [0.25, 0.3) is 0 Å². The Bertz CT molecular complexity index is 1800. The van der Waals surface area contributed by atoms with E-state index in [1.54, 1.807) is 49.6 Å². The Morgan fingerprint density at radius 2 is 1.90 bits per heavy atom. The molecule has 1 aliphatic heterocycles. The molecule has 5 aromatic rings. The van der Waals surface area contributed by atoms with E-state index in [2.05, 4.69) is 30.4 Å². The summed E-state index contributed by atoms with van der Waals surface area (Å²) >= 11 is 0. The number of nitrogens with one attached hydrogen (secondary N) is 1. The molecule has 212 valence electrons. The molecular weight excluding hydrogens is 543 g/mol. The zero-order chi connectivity index (χ0) is 29.4. The molecule has 0 aliphatic carbocycles. The summed E-state index contributed by atoms with van der Waals surface area (Å²) in [6.07, 6.45) is 4.74. The van der Waals surface area contributed by atoms with E-state index in [4.69, 9.17) is 4.42 Å². The highest BCUT2D eigenvalue weighted by Gasteiger charge is 2.40. The quantitative estimate of drug-likeness (QED) is 0.290. The van der Waals surface area contributed by atoms with Crippen LogP contribution in [0.4, 0.5) is 10.2 Å². The minimum Gasteiger partial charge on any atom is -0.443 e. The van der Waals surface area contributed by atoms with Gasteiger partial charge in [0.2, 0.25) is 17.7 Å². The number of likely N-dealkylation sites (tertiary alicyclic amines) is 1. The molecule has 0 radical (unpaired) electrons. The third-order valence-corrected chi connectivity index (χ3v) is 7.01. The van der Waals surface area contributed by atoms with Crippen molar-refractivity contribution in [3.05, 3.63) is 72.8 Å². The van der Waals surface area contributed by atoms with Crippen molar-refractivity contribution >= 4 is 34.3 Å². The number of Topliss-reactive ketones (excluding diaryl/α,β-unsaturated/α-hetero) is 1. The highest BCUT2D eigenvalue weighted by atomic mass is 19.1. The van der Waals surface area contributed by atoms with Gasteiger partial charge in [0.15, 0.2) is 5.78 Å². The number of aromatic nitrogens is 6. The molecule has 1 N–H and O–H groups in total. The second-order valence-corrected chi connectivity index (χ2v) is 9.94. The standard InChI is InChI=1S/C29H25FN8O4/c1-16(39)27-21-10-18(19-12-32-17(2)33-13-19)6-7-23(21)38(36-27)15-26(40)37-14-20(30)11-24(37)28(41)35-25-5-3-4-22(34-25)29-31-8-9-42-29/h3-10,12-13,20,24H,11,14-15H2,1-2H3,(H,34,35,41)/t20-,24+/m1/s1. The largest absolute Gasteiger partial charge is 0.443 e. The zero-order valence-corrected chi connectivity index (χ0v) is 22.7. The van der Waals surface area contributed by atoms with Crippen LogP contribution in [0.15, 0.2) is 65.7 Å². The van der Waals surface area contributed by atoms with Gasteiger partial charge in [-0.2, -0.15) is 5.10 Å². The summed E-state index contributed by atoms with van der Waals surface area (Å²) in [5.74, 6) is -0.221. The lowest BCUT2D eigenvalue weighted by molar-refractivity contribution is -0.137. The number of benzene rings is 1. The monoisotopic (exact) mass is 568 g/mol. The number of hydrogen-bond donors (Lipinski definition) is 1. The highest BCUT2D eigenvalue weighted by molar-refractivity contribution is 6.06. The lowest BCUT2D eigenvalue weighted by Gasteiger charge is -2.23. The Kier molecular flexibility index (Phi) is 6.98. The second-order valence-electron chi connectivity index (χ2n) is 9.94. The van der Waals surface area contributed by atoms with Crippen molar-refractivity contribution in [3.63, 3.8) is 0 Å². The SMILES string of the molecule is CC(=O)c1nn(CC(=O)N2C[C@H](F)C[C@H]2C(=O)Nc2cccc(-c3ncco3)n2)c2ccc(-c3cnc(C)nc3)cc12. The molecule has 5 heterocycles. The normalized spacial score (nSPS) is 16.6. The molecular formula is C29H25FN8O4. The van der Waals surface area contributed by atoms with Gasteiger partial charge in [0, 0.05) is 36.7 Å². The van der Waals surface area contributed by atoms with E-state index in [1.165, 1.54) is 29.0 Å². The Balaban J connectivity index is 1.23. The van der Waals surface area contributed by atoms with E-state index >= 15 is 0 Å². The number of hydrogen-bond acceptors (Lipinski definition) is 9. The topological polar surface area (TPSA) is 149 Å². The number of amides is 2. The van der Waals surface area contributed by atoms with Gasteiger partial charge < -0.3 is 14.6 Å². The van der Waals surface area contributed by atoms with Gasteiger partial charge in [0.05, 0.1) is 18.3 Å². The van der Waals surface area contributed by atoms with E-state index in [1.807, 2.05) is 6.07 Å².